The van der Waals surface area contributed by atoms with Crippen LogP contribution >= 0.6 is 24.0 Å². The van der Waals surface area contributed by atoms with Gasteiger partial charge >= 0.3 is 0 Å². The van der Waals surface area contributed by atoms with E-state index < -0.39 is 0 Å². The highest BCUT2D eigenvalue weighted by molar-refractivity contribution is 8.23. The van der Waals surface area contributed by atoms with E-state index in [1.165, 1.54) is 10.8 Å². The Kier molecular flexibility index (Phi) is 3.33. The number of thioether (sulfide) groups is 1. The molecule has 0 saturated heterocycles. The van der Waals surface area contributed by atoms with Gasteiger partial charge in [0.2, 0.25) is 0 Å². The Balaban J connectivity index is 1.85. The minimum absolute atomic E-state index is 0.228. The van der Waals surface area contributed by atoms with Gasteiger partial charge in [-0.2, -0.15) is 0 Å². The summed E-state index contributed by atoms with van der Waals surface area (Å²) in [5, 5.41) is 4.75. The summed E-state index contributed by atoms with van der Waals surface area (Å²) in [7, 11) is 0. The lowest BCUT2D eigenvalue weighted by Crippen LogP contribution is -2.38. The van der Waals surface area contributed by atoms with Crippen LogP contribution in [0.5, 0.6) is 0 Å². The molecule has 1 atom stereocenters. The van der Waals surface area contributed by atoms with E-state index in [9.17, 15) is 0 Å². The highest BCUT2D eigenvalue weighted by Crippen LogP contribution is 2.41. The number of thiocarbonyl (C=S) groups is 1. The van der Waals surface area contributed by atoms with Crippen molar-refractivity contribution < 1.29 is 0 Å². The van der Waals surface area contributed by atoms with Crippen molar-refractivity contribution in [2.75, 3.05) is 5.01 Å². The molecule has 0 N–H and O–H groups in total. The summed E-state index contributed by atoms with van der Waals surface area (Å²) in [6.07, 6.45) is 0. The minimum atomic E-state index is 0.228. The monoisotopic (exact) mass is 361 g/mol. The maximum atomic E-state index is 5.79. The third-order valence-corrected chi connectivity index (χ3v) is 5.97. The lowest BCUT2D eigenvalue weighted by molar-refractivity contribution is 0.774. The molecule has 1 aromatic heterocycles. The minimum Gasteiger partial charge on any atom is -0.230 e. The molecule has 3 aromatic carbocycles. The second-order valence-electron chi connectivity index (χ2n) is 6.11. The van der Waals surface area contributed by atoms with E-state index in [2.05, 4.69) is 71.2 Å². The first-order valence-electron chi connectivity index (χ1n) is 8.20. The van der Waals surface area contributed by atoms with Gasteiger partial charge in [0.25, 0.3) is 0 Å². The van der Waals surface area contributed by atoms with Gasteiger partial charge < -0.3 is 0 Å². The Morgan fingerprint density at radius 1 is 0.960 bits per heavy atom. The van der Waals surface area contributed by atoms with Crippen molar-refractivity contribution in [2.45, 2.75) is 12.2 Å². The number of benzene rings is 3. The third-order valence-electron chi connectivity index (χ3n) is 4.57. The summed E-state index contributed by atoms with van der Waals surface area (Å²) in [6, 6.07) is 23.0. The molecule has 0 amide bonds. The number of anilines is 1. The van der Waals surface area contributed by atoms with Gasteiger partial charge in [0.1, 0.15) is 5.82 Å². The fourth-order valence-corrected chi connectivity index (χ4v) is 4.89. The Morgan fingerprint density at radius 2 is 1.72 bits per heavy atom. The number of hydrogen-bond donors (Lipinski definition) is 0. The summed E-state index contributed by atoms with van der Waals surface area (Å²) >= 11 is 7.48. The Labute approximate surface area is 155 Å². The molecule has 0 spiro atoms. The van der Waals surface area contributed by atoms with Crippen LogP contribution in [-0.2, 0) is 0 Å². The molecule has 0 radical (unpaired) electrons. The molecule has 25 heavy (non-hydrogen) atoms. The average molecular weight is 361 g/mol. The van der Waals surface area contributed by atoms with E-state index in [4.69, 9.17) is 17.2 Å². The number of aromatic nitrogens is 2. The standard InChI is InChI=1S/C20H15N3S2/c1-13-19-21-16-10-4-5-11-18(16)22(19)23(20(24)25-13)17-12-6-8-14-7-2-3-9-15(14)17/h2-13H,1H3. The molecule has 122 valence electrons. The fraction of sp³-hybridized carbons (Fsp3) is 0.100. The van der Waals surface area contributed by atoms with Crippen molar-refractivity contribution in [3.63, 3.8) is 0 Å². The molecule has 0 bridgehead atoms. The Hall–Kier alpha value is -2.37. The molecular weight excluding hydrogens is 346 g/mol. The smallest absolute Gasteiger partial charge is 0.161 e. The van der Waals surface area contributed by atoms with Gasteiger partial charge in [-0.15, -0.1) is 0 Å². The quantitative estimate of drug-likeness (QED) is 0.414. The van der Waals surface area contributed by atoms with Crippen LogP contribution < -0.4 is 5.01 Å². The SMILES string of the molecule is CC1SC(=S)N(c2cccc3ccccc23)n2c1nc1ccccc12. The number of para-hydroxylation sites is 2. The van der Waals surface area contributed by atoms with Crippen molar-refractivity contribution in [2.24, 2.45) is 0 Å². The molecule has 2 heterocycles. The molecule has 5 rings (SSSR count). The van der Waals surface area contributed by atoms with Crippen molar-refractivity contribution in [3.05, 3.63) is 72.6 Å². The van der Waals surface area contributed by atoms with Crippen LogP contribution in [0.4, 0.5) is 5.69 Å². The number of rotatable bonds is 1. The summed E-state index contributed by atoms with van der Waals surface area (Å²) in [5.74, 6) is 1.03. The topological polar surface area (TPSA) is 21.1 Å². The first kappa shape index (κ1) is 14.9. The van der Waals surface area contributed by atoms with E-state index in [0.717, 1.165) is 26.9 Å². The first-order chi connectivity index (χ1) is 12.2. The molecule has 3 nitrogen and oxygen atoms in total. The van der Waals surface area contributed by atoms with Crippen molar-refractivity contribution in [1.29, 1.82) is 0 Å². The van der Waals surface area contributed by atoms with Crippen molar-refractivity contribution in [1.82, 2.24) is 9.66 Å². The van der Waals surface area contributed by atoms with E-state index in [-0.39, 0.29) is 5.25 Å². The molecule has 5 heteroatoms. The molecular formula is C20H15N3S2. The van der Waals surface area contributed by atoms with Crippen LogP contribution in [0.1, 0.15) is 18.0 Å². The van der Waals surface area contributed by atoms with Crippen molar-refractivity contribution >= 4 is 55.8 Å². The van der Waals surface area contributed by atoms with E-state index in [0.29, 0.717) is 0 Å². The highest BCUT2D eigenvalue weighted by Gasteiger charge is 2.31. The summed E-state index contributed by atoms with van der Waals surface area (Å²) in [4.78, 5) is 4.87. The van der Waals surface area contributed by atoms with Crippen LogP contribution in [-0.4, -0.2) is 14.0 Å². The van der Waals surface area contributed by atoms with E-state index in [1.807, 2.05) is 12.1 Å². The van der Waals surface area contributed by atoms with Crippen LogP contribution in [0.2, 0.25) is 0 Å². The van der Waals surface area contributed by atoms with Crippen LogP contribution in [0.3, 0.4) is 0 Å². The van der Waals surface area contributed by atoms with Gasteiger partial charge in [-0.1, -0.05) is 72.5 Å². The van der Waals surface area contributed by atoms with Gasteiger partial charge in [0, 0.05) is 5.39 Å². The van der Waals surface area contributed by atoms with Crippen molar-refractivity contribution in [3.8, 4) is 0 Å². The molecule has 0 aliphatic carbocycles. The third kappa shape index (κ3) is 2.19. The molecule has 0 fully saturated rings. The number of hydrogen-bond acceptors (Lipinski definition) is 3. The zero-order chi connectivity index (χ0) is 17.0. The molecule has 1 aliphatic rings. The number of nitrogens with zero attached hydrogens (tertiary/aromatic N) is 3. The van der Waals surface area contributed by atoms with E-state index >= 15 is 0 Å². The maximum Gasteiger partial charge on any atom is 0.161 e. The molecule has 1 aliphatic heterocycles. The largest absolute Gasteiger partial charge is 0.230 e. The van der Waals surface area contributed by atoms with Gasteiger partial charge in [-0.25, -0.2) is 14.7 Å². The van der Waals surface area contributed by atoms with Gasteiger partial charge in [0.15, 0.2) is 4.32 Å². The zero-order valence-corrected chi connectivity index (χ0v) is 15.2. The van der Waals surface area contributed by atoms with E-state index in [1.54, 1.807) is 11.8 Å². The lowest BCUT2D eigenvalue weighted by Gasteiger charge is -2.34. The normalized spacial score (nSPS) is 17.2. The zero-order valence-electron chi connectivity index (χ0n) is 13.6. The van der Waals surface area contributed by atoms with Gasteiger partial charge in [-0.3, -0.25) is 0 Å². The summed E-state index contributed by atoms with van der Waals surface area (Å²) in [5.41, 5.74) is 3.17. The molecule has 1 unspecified atom stereocenters. The van der Waals surface area contributed by atoms with Crippen LogP contribution in [0.15, 0.2) is 66.7 Å². The second-order valence-corrected chi connectivity index (χ2v) is 8.08. The predicted octanol–water partition coefficient (Wildman–Crippen LogP) is 5.55. The molecule has 4 aromatic rings. The molecule has 0 saturated carbocycles. The lowest BCUT2D eigenvalue weighted by atomic mass is 10.1. The first-order valence-corrected chi connectivity index (χ1v) is 9.49. The Bertz CT molecular complexity index is 1130. The summed E-state index contributed by atoms with van der Waals surface area (Å²) in [6.45, 7) is 2.16. The highest BCUT2D eigenvalue weighted by atomic mass is 32.2. The maximum absolute atomic E-state index is 5.79. The van der Waals surface area contributed by atoms with Crippen LogP contribution in [0.25, 0.3) is 21.8 Å². The van der Waals surface area contributed by atoms with Gasteiger partial charge in [-0.05, 0) is 30.5 Å². The summed E-state index contributed by atoms with van der Waals surface area (Å²) < 4.78 is 3.03. The fourth-order valence-electron chi connectivity index (χ4n) is 3.44. The number of fused-ring (bicyclic) bond motifs is 4. The number of imidazole rings is 1. The second kappa shape index (κ2) is 5.58. The average Bonchev–Trinajstić information content (AvgIpc) is 3.02. The Morgan fingerprint density at radius 3 is 2.64 bits per heavy atom. The predicted molar refractivity (Wildman–Crippen MR) is 110 cm³/mol. The van der Waals surface area contributed by atoms with Gasteiger partial charge in [0.05, 0.1) is 22.0 Å². The van der Waals surface area contributed by atoms with Crippen LogP contribution in [0, 0.1) is 0 Å².